The molecule has 0 aliphatic rings. The number of hydrogen-bond donors (Lipinski definition) is 2. The first-order chi connectivity index (χ1) is 14.5. The number of aryl methyl sites for hydroxylation is 1. The van der Waals surface area contributed by atoms with Crippen molar-refractivity contribution in [1.82, 2.24) is 4.98 Å². The van der Waals surface area contributed by atoms with Crippen LogP contribution in [-0.4, -0.2) is 19.1 Å². The van der Waals surface area contributed by atoms with Gasteiger partial charge < -0.3 is 16.0 Å². The maximum absolute atomic E-state index is 6.51. The Balaban J connectivity index is 1.58. The second-order valence-electron chi connectivity index (χ2n) is 7.93. The van der Waals surface area contributed by atoms with E-state index in [1.807, 2.05) is 24.3 Å². The lowest BCUT2D eigenvalue weighted by molar-refractivity contribution is 0.717. The number of rotatable bonds is 6. The minimum Gasteiger partial charge on any atom is -0.377 e. The molecule has 1 atom stereocenters. The van der Waals surface area contributed by atoms with E-state index in [-0.39, 0.29) is 6.04 Å². The number of nitrogens with two attached hydrogens (primary N) is 1. The molecule has 4 rings (SSSR count). The van der Waals surface area contributed by atoms with Gasteiger partial charge in [-0.3, -0.25) is 0 Å². The van der Waals surface area contributed by atoms with E-state index in [0.717, 1.165) is 34.5 Å². The lowest BCUT2D eigenvalue weighted by atomic mass is 9.96. The molecule has 1 heterocycles. The smallest absolute Gasteiger partial charge is 0.133 e. The molecule has 0 spiro atoms. The molecule has 3 N–H and O–H groups in total. The van der Waals surface area contributed by atoms with E-state index in [9.17, 15) is 0 Å². The van der Waals surface area contributed by atoms with Crippen LogP contribution in [0.25, 0.3) is 10.9 Å². The SMILES string of the molecule is Cc1cc(Nc2cc(N(C)C)c3ccccc3n2)ccc1C(N)Cc1ccccc1. The van der Waals surface area contributed by atoms with E-state index in [4.69, 9.17) is 10.7 Å². The Kier molecular flexibility index (Phi) is 5.68. The van der Waals surface area contributed by atoms with Crippen LogP contribution < -0.4 is 16.0 Å². The Hall–Kier alpha value is -3.37. The molecule has 1 unspecified atom stereocenters. The van der Waals surface area contributed by atoms with Gasteiger partial charge in [-0.05, 0) is 48.2 Å². The van der Waals surface area contributed by atoms with Crippen molar-refractivity contribution in [3.63, 3.8) is 0 Å². The molecule has 3 aromatic carbocycles. The van der Waals surface area contributed by atoms with Gasteiger partial charge in [0.25, 0.3) is 0 Å². The first-order valence-electron chi connectivity index (χ1n) is 10.3. The second-order valence-corrected chi connectivity index (χ2v) is 7.93. The van der Waals surface area contributed by atoms with Crippen molar-refractivity contribution in [2.24, 2.45) is 5.73 Å². The van der Waals surface area contributed by atoms with Crippen molar-refractivity contribution in [2.75, 3.05) is 24.3 Å². The van der Waals surface area contributed by atoms with Gasteiger partial charge in [-0.1, -0.05) is 54.6 Å². The molecule has 0 aliphatic carbocycles. The molecule has 0 radical (unpaired) electrons. The average molecular weight is 397 g/mol. The number of benzene rings is 3. The van der Waals surface area contributed by atoms with Crippen LogP contribution >= 0.6 is 0 Å². The number of pyridine rings is 1. The maximum Gasteiger partial charge on any atom is 0.133 e. The van der Waals surface area contributed by atoms with E-state index >= 15 is 0 Å². The predicted molar refractivity (Wildman–Crippen MR) is 128 cm³/mol. The molecule has 0 saturated carbocycles. The Labute approximate surface area is 178 Å². The molecular formula is C26H28N4. The lowest BCUT2D eigenvalue weighted by Crippen LogP contribution is -2.14. The summed E-state index contributed by atoms with van der Waals surface area (Å²) in [7, 11) is 4.11. The normalized spacial score (nSPS) is 12.0. The largest absolute Gasteiger partial charge is 0.377 e. The van der Waals surface area contributed by atoms with Crippen LogP contribution in [0.4, 0.5) is 17.2 Å². The highest BCUT2D eigenvalue weighted by molar-refractivity contribution is 5.93. The highest BCUT2D eigenvalue weighted by Crippen LogP contribution is 2.30. The zero-order chi connectivity index (χ0) is 21.1. The lowest BCUT2D eigenvalue weighted by Gasteiger charge is -2.19. The number of aromatic nitrogens is 1. The summed E-state index contributed by atoms with van der Waals surface area (Å²) in [6.07, 6.45) is 0.826. The molecule has 30 heavy (non-hydrogen) atoms. The van der Waals surface area contributed by atoms with Gasteiger partial charge in [-0.25, -0.2) is 4.98 Å². The minimum absolute atomic E-state index is 0.0272. The van der Waals surface area contributed by atoms with Gasteiger partial charge in [0.05, 0.1) is 5.52 Å². The summed E-state index contributed by atoms with van der Waals surface area (Å²) < 4.78 is 0. The molecule has 4 nitrogen and oxygen atoms in total. The summed E-state index contributed by atoms with van der Waals surface area (Å²) >= 11 is 0. The fourth-order valence-electron chi connectivity index (χ4n) is 3.89. The van der Waals surface area contributed by atoms with Gasteiger partial charge in [0.15, 0.2) is 0 Å². The third-order valence-corrected chi connectivity index (χ3v) is 5.42. The van der Waals surface area contributed by atoms with Crippen molar-refractivity contribution in [3.8, 4) is 0 Å². The summed E-state index contributed by atoms with van der Waals surface area (Å²) in [6, 6.07) is 27.0. The van der Waals surface area contributed by atoms with Gasteiger partial charge in [0.2, 0.25) is 0 Å². The summed E-state index contributed by atoms with van der Waals surface area (Å²) in [5, 5.41) is 4.61. The zero-order valence-electron chi connectivity index (χ0n) is 17.8. The number of para-hydroxylation sites is 1. The van der Waals surface area contributed by atoms with E-state index in [0.29, 0.717) is 0 Å². The monoisotopic (exact) mass is 396 g/mol. The van der Waals surface area contributed by atoms with Crippen molar-refractivity contribution in [1.29, 1.82) is 0 Å². The van der Waals surface area contributed by atoms with Gasteiger partial charge in [-0.2, -0.15) is 0 Å². The molecule has 4 heteroatoms. The first kappa shape index (κ1) is 19.9. The molecule has 0 fully saturated rings. The molecule has 0 aliphatic heterocycles. The van der Waals surface area contributed by atoms with Crippen LogP contribution in [0.15, 0.2) is 78.9 Å². The number of anilines is 3. The molecular weight excluding hydrogens is 368 g/mol. The Morgan fingerprint density at radius 2 is 1.67 bits per heavy atom. The number of nitrogens with zero attached hydrogens (tertiary/aromatic N) is 2. The summed E-state index contributed by atoms with van der Waals surface area (Å²) in [5.41, 5.74) is 13.2. The fraction of sp³-hybridized carbons (Fsp3) is 0.192. The number of hydrogen-bond acceptors (Lipinski definition) is 4. The molecule has 1 aromatic heterocycles. The standard InChI is InChI=1S/C26H28N4/c1-18-15-20(13-14-21(18)23(27)16-19-9-5-4-6-10-19)28-26-17-25(30(2)3)22-11-7-8-12-24(22)29-26/h4-15,17,23H,16,27H2,1-3H3,(H,28,29). The Morgan fingerprint density at radius 3 is 2.40 bits per heavy atom. The molecule has 4 aromatic rings. The third-order valence-electron chi connectivity index (χ3n) is 5.42. The van der Waals surface area contributed by atoms with Gasteiger partial charge in [0, 0.05) is 43.0 Å². The van der Waals surface area contributed by atoms with Crippen LogP contribution in [0.5, 0.6) is 0 Å². The minimum atomic E-state index is -0.0272. The first-order valence-corrected chi connectivity index (χ1v) is 10.3. The molecule has 152 valence electrons. The summed E-state index contributed by atoms with van der Waals surface area (Å²) in [6.45, 7) is 2.12. The van der Waals surface area contributed by atoms with Crippen molar-refractivity contribution >= 4 is 28.1 Å². The molecule has 0 amide bonds. The van der Waals surface area contributed by atoms with E-state index < -0.39 is 0 Å². The fourth-order valence-corrected chi connectivity index (χ4v) is 3.89. The van der Waals surface area contributed by atoms with E-state index in [2.05, 4.69) is 85.8 Å². The summed E-state index contributed by atoms with van der Waals surface area (Å²) in [5.74, 6) is 0.832. The van der Waals surface area contributed by atoms with Crippen LogP contribution in [0, 0.1) is 6.92 Å². The average Bonchev–Trinajstić information content (AvgIpc) is 2.74. The van der Waals surface area contributed by atoms with Gasteiger partial charge >= 0.3 is 0 Å². The Morgan fingerprint density at radius 1 is 0.933 bits per heavy atom. The number of fused-ring (bicyclic) bond motifs is 1. The molecule has 0 saturated heterocycles. The Bertz CT molecular complexity index is 1150. The highest BCUT2D eigenvalue weighted by atomic mass is 15.1. The number of nitrogens with one attached hydrogen (secondary N) is 1. The van der Waals surface area contributed by atoms with Crippen molar-refractivity contribution < 1.29 is 0 Å². The third kappa shape index (κ3) is 4.29. The summed E-state index contributed by atoms with van der Waals surface area (Å²) in [4.78, 5) is 6.91. The highest BCUT2D eigenvalue weighted by Gasteiger charge is 2.12. The topological polar surface area (TPSA) is 54.2 Å². The predicted octanol–water partition coefficient (Wildman–Crippen LogP) is 5.60. The van der Waals surface area contributed by atoms with Crippen molar-refractivity contribution in [2.45, 2.75) is 19.4 Å². The van der Waals surface area contributed by atoms with Gasteiger partial charge in [0.1, 0.15) is 5.82 Å². The van der Waals surface area contributed by atoms with Gasteiger partial charge in [-0.15, -0.1) is 0 Å². The molecule has 0 bridgehead atoms. The van der Waals surface area contributed by atoms with Crippen LogP contribution in [-0.2, 0) is 6.42 Å². The van der Waals surface area contributed by atoms with E-state index in [1.165, 1.54) is 16.7 Å². The quantitative estimate of drug-likeness (QED) is 0.446. The maximum atomic E-state index is 6.51. The van der Waals surface area contributed by atoms with Crippen LogP contribution in [0.1, 0.15) is 22.7 Å². The zero-order valence-corrected chi connectivity index (χ0v) is 17.8. The second kappa shape index (κ2) is 8.56. The van der Waals surface area contributed by atoms with Crippen LogP contribution in [0.2, 0.25) is 0 Å². The van der Waals surface area contributed by atoms with Crippen LogP contribution in [0.3, 0.4) is 0 Å². The van der Waals surface area contributed by atoms with Crippen molar-refractivity contribution in [3.05, 3.63) is 95.6 Å². The van der Waals surface area contributed by atoms with E-state index in [1.54, 1.807) is 0 Å².